The second-order valence-electron chi connectivity index (χ2n) is 5.30. The second kappa shape index (κ2) is 7.50. The summed E-state index contributed by atoms with van der Waals surface area (Å²) < 4.78 is 54.3. The number of hydrogen-bond donors (Lipinski definition) is 2. The molecule has 0 aliphatic heterocycles. The number of nitrogens with zero attached hydrogens (tertiary/aromatic N) is 3. The number of amides is 1. The number of aromatic nitrogens is 3. The maximum Gasteiger partial charge on any atom is 0.435 e. The Morgan fingerprint density at radius 3 is 2.50 bits per heavy atom. The van der Waals surface area contributed by atoms with Gasteiger partial charge in [0.25, 0.3) is 5.91 Å². The molecule has 0 spiro atoms. The van der Waals surface area contributed by atoms with Crippen molar-refractivity contribution in [2.24, 2.45) is 0 Å². The van der Waals surface area contributed by atoms with Gasteiger partial charge in [-0.2, -0.15) is 13.2 Å². The first-order chi connectivity index (χ1) is 12.2. The number of alkyl halides is 3. The summed E-state index contributed by atoms with van der Waals surface area (Å²) >= 11 is 0. The van der Waals surface area contributed by atoms with Crippen LogP contribution in [0.5, 0.6) is 0 Å². The first-order valence-electron chi connectivity index (χ1n) is 7.48. The summed E-state index contributed by atoms with van der Waals surface area (Å²) in [5.74, 6) is -3.75. The van der Waals surface area contributed by atoms with Crippen LogP contribution >= 0.6 is 0 Å². The molecule has 1 aromatic heterocycles. The molecular weight excluding hydrogens is 360 g/mol. The van der Waals surface area contributed by atoms with E-state index in [9.17, 15) is 27.2 Å². The summed E-state index contributed by atoms with van der Waals surface area (Å²) in [5, 5.41) is 17.4. The lowest BCUT2D eigenvalue weighted by Gasteiger charge is -2.14. The van der Waals surface area contributed by atoms with Crippen LogP contribution in [0.4, 0.5) is 17.6 Å². The fourth-order valence-electron chi connectivity index (χ4n) is 2.25. The van der Waals surface area contributed by atoms with E-state index in [1.54, 1.807) is 6.92 Å². The molecule has 140 valence electrons. The molecule has 11 heteroatoms. The van der Waals surface area contributed by atoms with Gasteiger partial charge in [-0.3, -0.25) is 4.79 Å². The van der Waals surface area contributed by atoms with Crippen LogP contribution in [0.1, 0.15) is 35.9 Å². The number of carboxylic acids is 1. The first-order valence-corrected chi connectivity index (χ1v) is 7.48. The summed E-state index contributed by atoms with van der Waals surface area (Å²) in [6, 6.07) is 3.16. The van der Waals surface area contributed by atoms with E-state index in [0.717, 1.165) is 12.1 Å². The number of carbonyl (C=O) groups excluding carboxylic acids is 1. The number of para-hydroxylation sites is 1. The third-order valence-electron chi connectivity index (χ3n) is 3.42. The Balaban J connectivity index is 2.49. The fourth-order valence-corrected chi connectivity index (χ4v) is 2.25. The van der Waals surface area contributed by atoms with Gasteiger partial charge < -0.3 is 10.4 Å². The van der Waals surface area contributed by atoms with E-state index in [0.29, 0.717) is 6.42 Å². The van der Waals surface area contributed by atoms with Gasteiger partial charge in [0, 0.05) is 0 Å². The van der Waals surface area contributed by atoms with Crippen LogP contribution in [0, 0.1) is 5.82 Å². The summed E-state index contributed by atoms with van der Waals surface area (Å²) in [7, 11) is 0. The molecule has 1 aromatic carbocycles. The van der Waals surface area contributed by atoms with Crippen molar-refractivity contribution < 1.29 is 32.3 Å². The van der Waals surface area contributed by atoms with Crippen LogP contribution in [0.25, 0.3) is 5.69 Å². The van der Waals surface area contributed by atoms with Crippen LogP contribution in [0.3, 0.4) is 0 Å². The molecule has 0 aliphatic carbocycles. The molecule has 0 saturated carbocycles. The van der Waals surface area contributed by atoms with E-state index in [1.165, 1.54) is 12.1 Å². The topological polar surface area (TPSA) is 97.1 Å². The molecule has 1 heterocycles. The van der Waals surface area contributed by atoms with Crippen molar-refractivity contribution in [1.82, 2.24) is 20.3 Å². The number of benzene rings is 1. The summed E-state index contributed by atoms with van der Waals surface area (Å²) in [4.78, 5) is 23.2. The van der Waals surface area contributed by atoms with Crippen LogP contribution in [0.2, 0.25) is 0 Å². The van der Waals surface area contributed by atoms with Crippen LogP contribution in [0.15, 0.2) is 24.3 Å². The van der Waals surface area contributed by atoms with E-state index >= 15 is 0 Å². The lowest BCUT2D eigenvalue weighted by atomic mass is 10.1. The lowest BCUT2D eigenvalue weighted by molar-refractivity contribution is -0.143. The average Bonchev–Trinajstić information content (AvgIpc) is 3.00. The number of hydrogen-bond acceptors (Lipinski definition) is 4. The molecule has 7 nitrogen and oxygen atoms in total. The van der Waals surface area contributed by atoms with Crippen molar-refractivity contribution in [1.29, 1.82) is 0 Å². The Morgan fingerprint density at radius 2 is 1.96 bits per heavy atom. The van der Waals surface area contributed by atoms with Gasteiger partial charge >= 0.3 is 12.1 Å². The molecule has 0 aliphatic rings. The van der Waals surface area contributed by atoms with Crippen molar-refractivity contribution in [2.45, 2.75) is 32.0 Å². The highest BCUT2D eigenvalue weighted by atomic mass is 19.4. The van der Waals surface area contributed by atoms with E-state index < -0.39 is 47.0 Å². The summed E-state index contributed by atoms with van der Waals surface area (Å²) in [6.45, 7) is 1.65. The number of halogens is 4. The van der Waals surface area contributed by atoms with Gasteiger partial charge in [-0.05, 0) is 18.6 Å². The van der Waals surface area contributed by atoms with Gasteiger partial charge in [0.1, 0.15) is 17.5 Å². The monoisotopic (exact) mass is 374 g/mol. The Bertz CT molecular complexity index is 819. The predicted molar refractivity (Wildman–Crippen MR) is 80.1 cm³/mol. The highest BCUT2D eigenvalue weighted by molar-refractivity contribution is 5.96. The molecule has 2 N–H and O–H groups in total. The average molecular weight is 374 g/mol. The number of carbonyl (C=O) groups is 2. The largest absolute Gasteiger partial charge is 0.480 e. The highest BCUT2D eigenvalue weighted by Crippen LogP contribution is 2.33. The van der Waals surface area contributed by atoms with Gasteiger partial charge in [0.2, 0.25) is 0 Å². The molecule has 0 fully saturated rings. The molecule has 1 atom stereocenters. The molecule has 1 amide bonds. The minimum atomic E-state index is -5.08. The van der Waals surface area contributed by atoms with E-state index in [4.69, 9.17) is 5.11 Å². The number of carboxylic acid groups (broad SMARTS) is 1. The van der Waals surface area contributed by atoms with Crippen LogP contribution in [-0.2, 0) is 11.0 Å². The predicted octanol–water partition coefficient (Wildman–Crippen LogP) is 2.41. The highest BCUT2D eigenvalue weighted by Gasteiger charge is 2.42. The van der Waals surface area contributed by atoms with Gasteiger partial charge in [-0.25, -0.2) is 13.9 Å². The van der Waals surface area contributed by atoms with E-state index in [-0.39, 0.29) is 11.1 Å². The van der Waals surface area contributed by atoms with Crippen molar-refractivity contribution in [3.8, 4) is 5.69 Å². The zero-order valence-corrected chi connectivity index (χ0v) is 13.4. The van der Waals surface area contributed by atoms with Gasteiger partial charge in [-0.15, -0.1) is 5.10 Å². The molecule has 0 radical (unpaired) electrons. The normalized spacial score (nSPS) is 12.7. The molecule has 0 bridgehead atoms. The zero-order valence-electron chi connectivity index (χ0n) is 13.4. The third kappa shape index (κ3) is 3.98. The molecule has 2 rings (SSSR count). The lowest BCUT2D eigenvalue weighted by Crippen LogP contribution is -2.41. The van der Waals surface area contributed by atoms with Gasteiger partial charge in [-0.1, -0.05) is 30.7 Å². The molecule has 0 saturated heterocycles. The van der Waals surface area contributed by atoms with Crippen LogP contribution < -0.4 is 5.32 Å². The Hall–Kier alpha value is -2.98. The molecule has 1 unspecified atom stereocenters. The van der Waals surface area contributed by atoms with Crippen LogP contribution in [-0.4, -0.2) is 38.0 Å². The van der Waals surface area contributed by atoms with Gasteiger partial charge in [0.15, 0.2) is 11.4 Å². The Labute approximate surface area is 144 Å². The van der Waals surface area contributed by atoms with Crippen molar-refractivity contribution in [3.05, 3.63) is 41.5 Å². The smallest absolute Gasteiger partial charge is 0.435 e. The minimum Gasteiger partial charge on any atom is -0.480 e. The standard InChI is InChI=1S/C15H14F4N4O3/c1-2-5-9(14(25)26)20-13(24)11-12(15(17,18)19)23(22-21-11)10-7-4-3-6-8(10)16/h3-4,6-7,9H,2,5H2,1H3,(H,20,24)(H,25,26). The minimum absolute atomic E-state index is 0.0177. The first kappa shape index (κ1) is 19.3. The molecule has 2 aromatic rings. The molecular formula is C15H14F4N4O3. The maximum atomic E-state index is 13.8. The molecule has 26 heavy (non-hydrogen) atoms. The number of aliphatic carboxylic acids is 1. The summed E-state index contributed by atoms with van der Waals surface area (Å²) in [5.41, 5.74) is -3.28. The second-order valence-corrected chi connectivity index (χ2v) is 5.30. The quantitative estimate of drug-likeness (QED) is 0.757. The Kier molecular flexibility index (Phi) is 5.58. The number of nitrogens with one attached hydrogen (secondary N) is 1. The van der Waals surface area contributed by atoms with Crippen molar-refractivity contribution in [3.63, 3.8) is 0 Å². The van der Waals surface area contributed by atoms with Gasteiger partial charge in [0.05, 0.1) is 0 Å². The SMILES string of the molecule is CCCC(NC(=O)c1nnn(-c2ccccc2F)c1C(F)(F)F)C(=O)O. The van der Waals surface area contributed by atoms with E-state index in [1.807, 2.05) is 5.32 Å². The number of rotatable bonds is 6. The fraction of sp³-hybridized carbons (Fsp3) is 0.333. The maximum absolute atomic E-state index is 13.8. The summed E-state index contributed by atoms with van der Waals surface area (Å²) in [6.07, 6.45) is -4.68. The third-order valence-corrected chi connectivity index (χ3v) is 3.42. The van der Waals surface area contributed by atoms with Crippen molar-refractivity contribution >= 4 is 11.9 Å². The zero-order chi connectivity index (χ0) is 19.5. The Morgan fingerprint density at radius 1 is 1.31 bits per heavy atom. The van der Waals surface area contributed by atoms with Crippen molar-refractivity contribution in [2.75, 3.05) is 0 Å². The van der Waals surface area contributed by atoms with E-state index in [2.05, 4.69) is 10.3 Å².